The fourth-order valence-electron chi connectivity index (χ4n) is 1.61. The topological polar surface area (TPSA) is 56.8 Å². The number of likely N-dealkylation sites (N-methyl/N-ethyl adjacent to an activating group) is 1. The zero-order valence-corrected chi connectivity index (χ0v) is 12.3. The number of hydrogen-bond donors (Lipinski definition) is 1. The summed E-state index contributed by atoms with van der Waals surface area (Å²) in [5.74, 6) is 0.776. The van der Waals surface area contributed by atoms with Crippen molar-refractivity contribution in [2.45, 2.75) is 6.04 Å². The Kier molecular flexibility index (Phi) is 5.43. The Hall–Kier alpha value is -1.27. The molecule has 0 bridgehead atoms. The molecule has 6 heteroatoms. The molecule has 0 saturated carbocycles. The van der Waals surface area contributed by atoms with Crippen molar-refractivity contribution < 1.29 is 19.0 Å². The van der Waals surface area contributed by atoms with Crippen LogP contribution < -0.4 is 14.8 Å². The standard InChI is InChI=1S/C12H16BrNO4/c1-14-11(12(15)18-4)7-5-9(16-2)10(17-3)6-8(7)13/h5-6,11,14H,1-4H3. The van der Waals surface area contributed by atoms with E-state index in [1.165, 1.54) is 7.11 Å². The van der Waals surface area contributed by atoms with Gasteiger partial charge in [-0.3, -0.25) is 0 Å². The number of esters is 1. The van der Waals surface area contributed by atoms with Crippen LogP contribution in [0.3, 0.4) is 0 Å². The molecule has 0 radical (unpaired) electrons. The summed E-state index contributed by atoms with van der Waals surface area (Å²) in [5, 5.41) is 2.90. The van der Waals surface area contributed by atoms with Crippen LogP contribution in [0, 0.1) is 0 Å². The summed E-state index contributed by atoms with van der Waals surface area (Å²) in [6.45, 7) is 0. The predicted molar refractivity (Wildman–Crippen MR) is 71.1 cm³/mol. The van der Waals surface area contributed by atoms with Gasteiger partial charge in [0, 0.05) is 4.47 Å². The maximum Gasteiger partial charge on any atom is 0.327 e. The molecule has 0 spiro atoms. The van der Waals surface area contributed by atoms with Gasteiger partial charge in [-0.2, -0.15) is 0 Å². The summed E-state index contributed by atoms with van der Waals surface area (Å²) >= 11 is 3.41. The smallest absolute Gasteiger partial charge is 0.327 e. The molecular formula is C12H16BrNO4. The first-order valence-corrected chi connectivity index (χ1v) is 6.04. The van der Waals surface area contributed by atoms with Gasteiger partial charge >= 0.3 is 5.97 Å². The van der Waals surface area contributed by atoms with Crippen LogP contribution in [0.25, 0.3) is 0 Å². The van der Waals surface area contributed by atoms with Crippen molar-refractivity contribution in [1.29, 1.82) is 0 Å². The number of halogens is 1. The largest absolute Gasteiger partial charge is 0.493 e. The predicted octanol–water partition coefficient (Wildman–Crippen LogP) is 1.90. The Morgan fingerprint density at radius 1 is 1.22 bits per heavy atom. The summed E-state index contributed by atoms with van der Waals surface area (Å²) in [4.78, 5) is 11.7. The van der Waals surface area contributed by atoms with Crippen LogP contribution in [0.5, 0.6) is 11.5 Å². The minimum Gasteiger partial charge on any atom is -0.493 e. The molecule has 0 heterocycles. The van der Waals surface area contributed by atoms with Crippen molar-refractivity contribution in [3.8, 4) is 11.5 Å². The van der Waals surface area contributed by atoms with E-state index in [-0.39, 0.29) is 5.97 Å². The summed E-state index contributed by atoms with van der Waals surface area (Å²) in [6.07, 6.45) is 0. The third-order valence-electron chi connectivity index (χ3n) is 2.54. The van der Waals surface area contributed by atoms with Crippen molar-refractivity contribution in [1.82, 2.24) is 5.32 Å². The third kappa shape index (κ3) is 2.94. The third-order valence-corrected chi connectivity index (χ3v) is 3.23. The van der Waals surface area contributed by atoms with E-state index in [0.717, 1.165) is 10.0 Å². The van der Waals surface area contributed by atoms with E-state index in [2.05, 4.69) is 21.2 Å². The highest BCUT2D eigenvalue weighted by Crippen LogP contribution is 2.36. The molecule has 1 unspecified atom stereocenters. The van der Waals surface area contributed by atoms with E-state index in [9.17, 15) is 4.79 Å². The molecule has 1 aromatic rings. The molecule has 1 aromatic carbocycles. The van der Waals surface area contributed by atoms with E-state index in [1.807, 2.05) is 0 Å². The van der Waals surface area contributed by atoms with Crippen LogP contribution >= 0.6 is 15.9 Å². The van der Waals surface area contributed by atoms with Crippen LogP contribution in [0.1, 0.15) is 11.6 Å². The van der Waals surface area contributed by atoms with Gasteiger partial charge in [-0.1, -0.05) is 15.9 Å². The molecule has 1 rings (SSSR count). The first kappa shape index (κ1) is 14.8. The summed E-state index contributed by atoms with van der Waals surface area (Å²) in [5.41, 5.74) is 0.724. The Labute approximate surface area is 115 Å². The lowest BCUT2D eigenvalue weighted by Crippen LogP contribution is -2.26. The normalized spacial score (nSPS) is 11.8. The fourth-order valence-corrected chi connectivity index (χ4v) is 2.16. The quantitative estimate of drug-likeness (QED) is 0.841. The van der Waals surface area contributed by atoms with Gasteiger partial charge < -0.3 is 19.5 Å². The zero-order chi connectivity index (χ0) is 13.7. The first-order valence-electron chi connectivity index (χ1n) is 5.25. The van der Waals surface area contributed by atoms with Crippen molar-refractivity contribution in [2.24, 2.45) is 0 Å². The molecule has 0 aromatic heterocycles. The van der Waals surface area contributed by atoms with Gasteiger partial charge in [-0.25, -0.2) is 4.79 Å². The lowest BCUT2D eigenvalue weighted by atomic mass is 10.1. The minimum atomic E-state index is -0.566. The number of rotatable bonds is 5. The molecule has 0 aliphatic heterocycles. The Morgan fingerprint density at radius 3 is 2.22 bits per heavy atom. The average molecular weight is 318 g/mol. The molecule has 0 saturated heterocycles. The van der Waals surface area contributed by atoms with Gasteiger partial charge in [0.2, 0.25) is 0 Å². The van der Waals surface area contributed by atoms with Gasteiger partial charge in [0.1, 0.15) is 6.04 Å². The summed E-state index contributed by atoms with van der Waals surface area (Å²) < 4.78 is 15.9. The van der Waals surface area contributed by atoms with Gasteiger partial charge in [-0.05, 0) is 24.7 Å². The highest BCUT2D eigenvalue weighted by atomic mass is 79.9. The Morgan fingerprint density at radius 2 is 1.78 bits per heavy atom. The number of hydrogen-bond acceptors (Lipinski definition) is 5. The maximum absolute atomic E-state index is 11.7. The number of nitrogens with one attached hydrogen (secondary N) is 1. The number of carbonyl (C=O) groups is 1. The monoisotopic (exact) mass is 317 g/mol. The van der Waals surface area contributed by atoms with Gasteiger partial charge in [-0.15, -0.1) is 0 Å². The Bertz CT molecular complexity index is 436. The molecule has 1 atom stereocenters. The molecule has 0 aliphatic carbocycles. The molecular weight excluding hydrogens is 302 g/mol. The summed E-state index contributed by atoms with van der Waals surface area (Å²) in [7, 11) is 6.13. The van der Waals surface area contributed by atoms with E-state index >= 15 is 0 Å². The average Bonchev–Trinajstić information content (AvgIpc) is 2.40. The lowest BCUT2D eigenvalue weighted by molar-refractivity contribution is -0.143. The molecule has 18 heavy (non-hydrogen) atoms. The van der Waals surface area contributed by atoms with E-state index in [1.54, 1.807) is 33.4 Å². The van der Waals surface area contributed by atoms with Crippen LogP contribution in [-0.4, -0.2) is 34.3 Å². The second-order valence-corrected chi connectivity index (χ2v) is 4.33. The highest BCUT2D eigenvalue weighted by Gasteiger charge is 2.23. The first-order chi connectivity index (χ1) is 8.58. The van der Waals surface area contributed by atoms with E-state index < -0.39 is 6.04 Å². The second-order valence-electron chi connectivity index (χ2n) is 3.47. The summed E-state index contributed by atoms with van der Waals surface area (Å²) in [6, 6.07) is 2.92. The molecule has 0 aliphatic rings. The number of benzene rings is 1. The molecule has 0 fully saturated rings. The van der Waals surface area contributed by atoms with Gasteiger partial charge in [0.25, 0.3) is 0 Å². The van der Waals surface area contributed by atoms with E-state index in [4.69, 9.17) is 14.2 Å². The number of carbonyl (C=O) groups excluding carboxylic acids is 1. The fraction of sp³-hybridized carbons (Fsp3) is 0.417. The lowest BCUT2D eigenvalue weighted by Gasteiger charge is -2.18. The SMILES string of the molecule is CNC(C(=O)OC)c1cc(OC)c(OC)cc1Br. The molecule has 100 valence electrons. The second kappa shape index (κ2) is 6.61. The molecule has 5 nitrogen and oxygen atoms in total. The maximum atomic E-state index is 11.7. The van der Waals surface area contributed by atoms with E-state index in [0.29, 0.717) is 11.5 Å². The van der Waals surface area contributed by atoms with Crippen molar-refractivity contribution in [3.63, 3.8) is 0 Å². The van der Waals surface area contributed by atoms with Gasteiger partial charge in [0.15, 0.2) is 11.5 Å². The minimum absolute atomic E-state index is 0.370. The van der Waals surface area contributed by atoms with Gasteiger partial charge in [0.05, 0.1) is 21.3 Å². The molecule has 0 amide bonds. The van der Waals surface area contributed by atoms with Crippen LogP contribution in [-0.2, 0) is 9.53 Å². The van der Waals surface area contributed by atoms with Crippen LogP contribution in [0.4, 0.5) is 0 Å². The van der Waals surface area contributed by atoms with Crippen molar-refractivity contribution in [2.75, 3.05) is 28.4 Å². The molecule has 1 N–H and O–H groups in total. The van der Waals surface area contributed by atoms with Crippen LogP contribution in [0.2, 0.25) is 0 Å². The number of methoxy groups -OCH3 is 3. The number of ether oxygens (including phenoxy) is 3. The zero-order valence-electron chi connectivity index (χ0n) is 10.7. The van der Waals surface area contributed by atoms with Crippen LogP contribution in [0.15, 0.2) is 16.6 Å². The highest BCUT2D eigenvalue weighted by molar-refractivity contribution is 9.10. The van der Waals surface area contributed by atoms with Crippen molar-refractivity contribution >= 4 is 21.9 Å². The Balaban J connectivity index is 3.26. The van der Waals surface area contributed by atoms with Crippen molar-refractivity contribution in [3.05, 3.63) is 22.2 Å².